The third-order valence-corrected chi connectivity index (χ3v) is 7.79. The van der Waals surface area contributed by atoms with Crippen molar-refractivity contribution in [3.8, 4) is 0 Å². The highest BCUT2D eigenvalue weighted by atomic mass is 16.1. The van der Waals surface area contributed by atoms with E-state index in [0.717, 1.165) is 32.1 Å². The van der Waals surface area contributed by atoms with Crippen LogP contribution in [0, 0.1) is 34.5 Å². The summed E-state index contributed by atoms with van der Waals surface area (Å²) in [6.07, 6.45) is 7.83. The average molecular weight is 286 g/mol. The van der Waals surface area contributed by atoms with Gasteiger partial charge in [0.1, 0.15) is 5.78 Å². The van der Waals surface area contributed by atoms with Crippen molar-refractivity contribution >= 4 is 11.6 Å². The van der Waals surface area contributed by atoms with Gasteiger partial charge < -0.3 is 0 Å². The Bertz CT molecular complexity index is 560. The quantitative estimate of drug-likeness (QED) is 0.676. The molecule has 0 N–H and O–H groups in total. The van der Waals surface area contributed by atoms with Gasteiger partial charge in [0.2, 0.25) is 0 Å². The SMILES string of the molecule is C[C@@H]1C2=CC(=O)CC[C@]2(C)[C@H]2CC[C@]3(C)C(=O)CC[C@H]3[C@H]12. The fraction of sp³-hybridized carbons (Fsp3) is 0.789. The Morgan fingerprint density at radius 3 is 2.48 bits per heavy atom. The van der Waals surface area contributed by atoms with Gasteiger partial charge >= 0.3 is 0 Å². The molecule has 0 bridgehead atoms. The van der Waals surface area contributed by atoms with Crippen molar-refractivity contribution in [3.05, 3.63) is 11.6 Å². The van der Waals surface area contributed by atoms with Crippen LogP contribution in [0.15, 0.2) is 11.6 Å². The normalized spacial score (nSPS) is 52.2. The van der Waals surface area contributed by atoms with Gasteiger partial charge in [-0.05, 0) is 60.8 Å². The molecule has 4 aliphatic carbocycles. The molecule has 6 atom stereocenters. The lowest BCUT2D eigenvalue weighted by molar-refractivity contribution is -0.130. The fourth-order valence-corrected chi connectivity index (χ4v) is 6.60. The molecular weight excluding hydrogens is 260 g/mol. The molecule has 21 heavy (non-hydrogen) atoms. The highest BCUT2D eigenvalue weighted by molar-refractivity contribution is 5.92. The minimum absolute atomic E-state index is 0.0656. The molecule has 0 spiro atoms. The molecule has 0 heterocycles. The molecule has 0 aliphatic heterocycles. The van der Waals surface area contributed by atoms with E-state index in [4.69, 9.17) is 0 Å². The van der Waals surface area contributed by atoms with Gasteiger partial charge in [-0.25, -0.2) is 0 Å². The van der Waals surface area contributed by atoms with E-state index in [2.05, 4.69) is 20.8 Å². The molecule has 114 valence electrons. The van der Waals surface area contributed by atoms with Gasteiger partial charge in [0, 0.05) is 18.3 Å². The molecule has 0 aromatic rings. The van der Waals surface area contributed by atoms with Crippen molar-refractivity contribution in [1.82, 2.24) is 0 Å². The lowest BCUT2D eigenvalue weighted by atomic mass is 9.56. The summed E-state index contributed by atoms with van der Waals surface area (Å²) in [5.74, 6) is 3.17. The van der Waals surface area contributed by atoms with Crippen molar-refractivity contribution in [3.63, 3.8) is 0 Å². The van der Waals surface area contributed by atoms with Crippen molar-refractivity contribution in [2.45, 2.75) is 59.3 Å². The first-order valence-corrected chi connectivity index (χ1v) is 8.66. The Labute approximate surface area is 127 Å². The Morgan fingerprint density at radius 2 is 1.71 bits per heavy atom. The lowest BCUT2D eigenvalue weighted by Gasteiger charge is -2.47. The molecule has 0 unspecified atom stereocenters. The highest BCUT2D eigenvalue weighted by Crippen LogP contribution is 2.68. The first-order chi connectivity index (χ1) is 9.88. The van der Waals surface area contributed by atoms with Crippen molar-refractivity contribution < 1.29 is 9.59 Å². The van der Waals surface area contributed by atoms with E-state index < -0.39 is 0 Å². The van der Waals surface area contributed by atoms with Gasteiger partial charge in [-0.3, -0.25) is 9.59 Å². The number of rotatable bonds is 0. The molecule has 3 fully saturated rings. The van der Waals surface area contributed by atoms with Crippen molar-refractivity contribution in [2.24, 2.45) is 34.5 Å². The summed E-state index contributed by atoms with van der Waals surface area (Å²) in [5.41, 5.74) is 1.58. The van der Waals surface area contributed by atoms with E-state index in [0.29, 0.717) is 35.2 Å². The zero-order chi connectivity index (χ0) is 15.0. The third kappa shape index (κ3) is 1.54. The molecular formula is C19H26O2. The minimum atomic E-state index is -0.0656. The van der Waals surface area contributed by atoms with Crippen LogP contribution in [0.2, 0.25) is 0 Å². The van der Waals surface area contributed by atoms with E-state index in [1.54, 1.807) is 0 Å². The number of ketones is 2. The first-order valence-electron chi connectivity index (χ1n) is 8.66. The predicted octanol–water partition coefficient (Wildman–Crippen LogP) is 3.94. The summed E-state index contributed by atoms with van der Waals surface area (Å²) in [4.78, 5) is 24.3. The largest absolute Gasteiger partial charge is 0.299 e. The van der Waals surface area contributed by atoms with Crippen LogP contribution in [0.5, 0.6) is 0 Å². The first kappa shape index (κ1) is 13.7. The molecule has 2 heteroatoms. The summed E-state index contributed by atoms with van der Waals surface area (Å²) in [6.45, 7) is 6.94. The van der Waals surface area contributed by atoms with Crippen LogP contribution in [0.4, 0.5) is 0 Å². The summed E-state index contributed by atoms with van der Waals surface area (Å²) >= 11 is 0. The topological polar surface area (TPSA) is 34.1 Å². The number of hydrogen-bond donors (Lipinski definition) is 0. The maximum absolute atomic E-state index is 12.4. The molecule has 0 saturated heterocycles. The molecule has 0 amide bonds. The molecule has 4 rings (SSSR count). The molecule has 2 nitrogen and oxygen atoms in total. The second kappa shape index (κ2) is 4.08. The number of allylic oxidation sites excluding steroid dienone is 2. The predicted molar refractivity (Wildman–Crippen MR) is 81.6 cm³/mol. The second-order valence-electron chi connectivity index (χ2n) is 8.48. The number of Topliss-reactive ketones (excluding diaryl/α,β-unsaturated/α-hetero) is 1. The zero-order valence-corrected chi connectivity index (χ0v) is 13.4. The molecule has 0 aromatic heterocycles. The maximum Gasteiger partial charge on any atom is 0.155 e. The Hall–Kier alpha value is -0.920. The van der Waals surface area contributed by atoms with E-state index >= 15 is 0 Å². The van der Waals surface area contributed by atoms with Gasteiger partial charge in [-0.1, -0.05) is 26.3 Å². The summed E-state index contributed by atoms with van der Waals surface area (Å²) in [7, 11) is 0. The van der Waals surface area contributed by atoms with Crippen LogP contribution in [-0.4, -0.2) is 11.6 Å². The van der Waals surface area contributed by atoms with Crippen molar-refractivity contribution in [1.29, 1.82) is 0 Å². The van der Waals surface area contributed by atoms with E-state index in [1.807, 2.05) is 6.08 Å². The standard InChI is InChI=1S/C19H26O2/c1-11-15-10-12(20)6-8-18(15,2)14-7-9-19(3)13(17(11)14)4-5-16(19)21/h10-11,13-14,17H,4-9H2,1-3H3/t11-,13+,14+,17+,18-,19+/m1/s1. The van der Waals surface area contributed by atoms with E-state index in [1.165, 1.54) is 12.0 Å². The summed E-state index contributed by atoms with van der Waals surface area (Å²) in [5, 5.41) is 0. The monoisotopic (exact) mass is 286 g/mol. The Balaban J connectivity index is 1.79. The number of hydrogen-bond acceptors (Lipinski definition) is 2. The van der Waals surface area contributed by atoms with Crippen molar-refractivity contribution in [2.75, 3.05) is 0 Å². The number of carbonyl (C=O) groups excluding carboxylic acids is 2. The van der Waals surface area contributed by atoms with Crippen LogP contribution in [-0.2, 0) is 9.59 Å². The van der Waals surface area contributed by atoms with Crippen LogP contribution >= 0.6 is 0 Å². The summed E-state index contributed by atoms with van der Waals surface area (Å²) < 4.78 is 0. The molecule has 4 aliphatic rings. The van der Waals surface area contributed by atoms with Gasteiger partial charge in [-0.15, -0.1) is 0 Å². The Morgan fingerprint density at radius 1 is 1.00 bits per heavy atom. The van der Waals surface area contributed by atoms with Crippen LogP contribution in [0.1, 0.15) is 59.3 Å². The minimum Gasteiger partial charge on any atom is -0.299 e. The smallest absolute Gasteiger partial charge is 0.155 e. The van der Waals surface area contributed by atoms with Gasteiger partial charge in [-0.2, -0.15) is 0 Å². The molecule has 0 aromatic carbocycles. The number of carbonyl (C=O) groups is 2. The van der Waals surface area contributed by atoms with Gasteiger partial charge in [0.15, 0.2) is 5.78 Å². The maximum atomic E-state index is 12.4. The second-order valence-corrected chi connectivity index (χ2v) is 8.48. The third-order valence-electron chi connectivity index (χ3n) is 7.79. The Kier molecular flexibility index (Phi) is 2.67. The van der Waals surface area contributed by atoms with Crippen LogP contribution in [0.3, 0.4) is 0 Å². The highest BCUT2D eigenvalue weighted by Gasteiger charge is 2.63. The van der Waals surface area contributed by atoms with Gasteiger partial charge in [0.05, 0.1) is 0 Å². The summed E-state index contributed by atoms with van der Waals surface area (Å²) in [6, 6.07) is 0. The van der Waals surface area contributed by atoms with E-state index in [-0.39, 0.29) is 10.8 Å². The van der Waals surface area contributed by atoms with Crippen LogP contribution < -0.4 is 0 Å². The molecule has 3 saturated carbocycles. The zero-order valence-electron chi connectivity index (χ0n) is 13.4. The number of fused-ring (bicyclic) bond motifs is 5. The molecule has 0 radical (unpaired) electrons. The fourth-order valence-electron chi connectivity index (χ4n) is 6.60. The lowest BCUT2D eigenvalue weighted by Crippen LogP contribution is -2.43. The average Bonchev–Trinajstić information content (AvgIpc) is 2.86. The van der Waals surface area contributed by atoms with Crippen LogP contribution in [0.25, 0.3) is 0 Å². The van der Waals surface area contributed by atoms with E-state index in [9.17, 15) is 9.59 Å². The van der Waals surface area contributed by atoms with Gasteiger partial charge in [0.25, 0.3) is 0 Å².